The molecule has 0 saturated carbocycles. The summed E-state index contributed by atoms with van der Waals surface area (Å²) in [6.45, 7) is 10.7. The Morgan fingerprint density at radius 3 is 2.18 bits per heavy atom. The SMILES string of the molecule is C=C/C(C)=C\C=C\S(=O)(=O)/C(C=C)=C/C=C/C. The monoisotopic (exact) mass is 250 g/mol. The minimum absolute atomic E-state index is 0.177. The normalized spacial score (nSPS) is 14.5. The van der Waals surface area contributed by atoms with Crippen molar-refractivity contribution in [3.63, 3.8) is 0 Å². The van der Waals surface area contributed by atoms with Gasteiger partial charge in [0.25, 0.3) is 0 Å². The van der Waals surface area contributed by atoms with Crippen LogP contribution in [-0.4, -0.2) is 8.42 Å². The summed E-state index contributed by atoms with van der Waals surface area (Å²) in [6, 6.07) is 0. The van der Waals surface area contributed by atoms with Crippen molar-refractivity contribution in [2.45, 2.75) is 13.8 Å². The van der Waals surface area contributed by atoms with Gasteiger partial charge in [-0.1, -0.05) is 55.2 Å². The average Bonchev–Trinajstić information content (AvgIpc) is 2.29. The maximum absolute atomic E-state index is 11.8. The predicted octanol–water partition coefficient (Wildman–Crippen LogP) is 3.69. The Kier molecular flexibility index (Phi) is 6.91. The molecule has 0 bridgehead atoms. The molecule has 0 aromatic rings. The largest absolute Gasteiger partial charge is 0.219 e. The predicted molar refractivity (Wildman–Crippen MR) is 75.1 cm³/mol. The highest BCUT2D eigenvalue weighted by atomic mass is 32.2. The Morgan fingerprint density at radius 1 is 1.06 bits per heavy atom. The van der Waals surface area contributed by atoms with Gasteiger partial charge in [0.05, 0.1) is 4.91 Å². The molecule has 2 nitrogen and oxygen atoms in total. The molecule has 0 unspecified atom stereocenters. The van der Waals surface area contributed by atoms with Crippen molar-refractivity contribution < 1.29 is 8.42 Å². The second kappa shape index (κ2) is 7.63. The molecule has 0 aromatic heterocycles. The first-order valence-electron chi connectivity index (χ1n) is 5.16. The second-order valence-electron chi connectivity index (χ2n) is 3.29. The van der Waals surface area contributed by atoms with Crippen molar-refractivity contribution in [2.75, 3.05) is 0 Å². The smallest absolute Gasteiger partial charge is 0.199 e. The lowest BCUT2D eigenvalue weighted by atomic mass is 10.3. The van der Waals surface area contributed by atoms with Crippen LogP contribution in [0.1, 0.15) is 13.8 Å². The summed E-state index contributed by atoms with van der Waals surface area (Å²) in [4.78, 5) is 0.177. The zero-order valence-electron chi connectivity index (χ0n) is 10.3. The summed E-state index contributed by atoms with van der Waals surface area (Å²) in [6.07, 6.45) is 11.1. The van der Waals surface area contributed by atoms with Crippen molar-refractivity contribution in [1.82, 2.24) is 0 Å². The van der Waals surface area contributed by atoms with E-state index in [-0.39, 0.29) is 4.91 Å². The number of allylic oxidation sites excluding steroid dienone is 8. The van der Waals surface area contributed by atoms with E-state index in [1.165, 1.54) is 18.2 Å². The van der Waals surface area contributed by atoms with Gasteiger partial charge >= 0.3 is 0 Å². The van der Waals surface area contributed by atoms with Gasteiger partial charge in [-0.25, -0.2) is 8.42 Å². The first kappa shape index (κ1) is 15.4. The third-order valence-corrected chi connectivity index (χ3v) is 3.40. The van der Waals surface area contributed by atoms with E-state index in [0.717, 1.165) is 11.0 Å². The number of sulfone groups is 1. The molecule has 0 rings (SSSR count). The summed E-state index contributed by atoms with van der Waals surface area (Å²) in [7, 11) is -3.42. The van der Waals surface area contributed by atoms with Gasteiger partial charge in [-0.05, 0) is 19.9 Å². The van der Waals surface area contributed by atoms with E-state index >= 15 is 0 Å². The quantitative estimate of drug-likeness (QED) is 0.674. The summed E-state index contributed by atoms with van der Waals surface area (Å²) in [5.41, 5.74) is 0.897. The van der Waals surface area contributed by atoms with E-state index in [4.69, 9.17) is 0 Å². The molecule has 0 aliphatic heterocycles. The molecular formula is C14H18O2S. The Bertz CT molecular complexity index is 486. The Balaban J connectivity index is 5.15. The molecule has 0 spiro atoms. The van der Waals surface area contributed by atoms with Gasteiger partial charge in [-0.3, -0.25) is 0 Å². The van der Waals surface area contributed by atoms with Crippen LogP contribution in [0.15, 0.2) is 71.6 Å². The van der Waals surface area contributed by atoms with Crippen LogP contribution in [0.5, 0.6) is 0 Å². The van der Waals surface area contributed by atoms with Gasteiger partial charge < -0.3 is 0 Å². The molecule has 3 heteroatoms. The van der Waals surface area contributed by atoms with Crippen LogP contribution in [0.4, 0.5) is 0 Å². The highest BCUT2D eigenvalue weighted by Gasteiger charge is 2.08. The van der Waals surface area contributed by atoms with Gasteiger partial charge in [-0.15, -0.1) is 0 Å². The Labute approximate surface area is 104 Å². The van der Waals surface area contributed by atoms with Crippen molar-refractivity contribution in [3.8, 4) is 0 Å². The molecular weight excluding hydrogens is 232 g/mol. The number of hydrogen-bond acceptors (Lipinski definition) is 2. The van der Waals surface area contributed by atoms with Gasteiger partial charge in [0.1, 0.15) is 0 Å². The Morgan fingerprint density at radius 2 is 1.71 bits per heavy atom. The van der Waals surface area contributed by atoms with Gasteiger partial charge in [-0.2, -0.15) is 0 Å². The molecule has 0 radical (unpaired) electrons. The molecule has 0 fully saturated rings. The van der Waals surface area contributed by atoms with E-state index in [0.29, 0.717) is 0 Å². The zero-order chi connectivity index (χ0) is 13.3. The molecule has 0 aromatic carbocycles. The maximum Gasteiger partial charge on any atom is 0.199 e. The second-order valence-corrected chi connectivity index (χ2v) is 5.12. The molecule has 0 N–H and O–H groups in total. The van der Waals surface area contributed by atoms with E-state index in [1.807, 2.05) is 13.8 Å². The lowest BCUT2D eigenvalue weighted by Gasteiger charge is -1.97. The lowest BCUT2D eigenvalue weighted by molar-refractivity contribution is 0.611. The van der Waals surface area contributed by atoms with Crippen molar-refractivity contribution in [3.05, 3.63) is 71.6 Å². The number of rotatable bonds is 6. The fourth-order valence-corrected chi connectivity index (χ4v) is 1.85. The molecule has 0 atom stereocenters. The molecule has 0 heterocycles. The fourth-order valence-electron chi connectivity index (χ4n) is 0.911. The maximum atomic E-state index is 11.8. The van der Waals surface area contributed by atoms with Crippen molar-refractivity contribution >= 4 is 9.84 Å². The molecule has 17 heavy (non-hydrogen) atoms. The first-order valence-corrected chi connectivity index (χ1v) is 6.70. The molecule has 0 saturated heterocycles. The summed E-state index contributed by atoms with van der Waals surface area (Å²) < 4.78 is 23.6. The van der Waals surface area contributed by atoms with E-state index in [1.54, 1.807) is 24.3 Å². The first-order chi connectivity index (χ1) is 7.97. The van der Waals surface area contributed by atoms with Gasteiger partial charge in [0.15, 0.2) is 9.84 Å². The van der Waals surface area contributed by atoms with Crippen LogP contribution in [0.25, 0.3) is 0 Å². The molecule has 0 aliphatic carbocycles. The van der Waals surface area contributed by atoms with Crippen LogP contribution in [0, 0.1) is 0 Å². The van der Waals surface area contributed by atoms with Gasteiger partial charge in [0, 0.05) is 5.41 Å². The minimum Gasteiger partial charge on any atom is -0.219 e. The summed E-state index contributed by atoms with van der Waals surface area (Å²) >= 11 is 0. The third-order valence-electron chi connectivity index (χ3n) is 1.92. The van der Waals surface area contributed by atoms with Crippen LogP contribution >= 0.6 is 0 Å². The lowest BCUT2D eigenvalue weighted by Crippen LogP contribution is -1.96. The summed E-state index contributed by atoms with van der Waals surface area (Å²) in [5, 5.41) is 1.15. The van der Waals surface area contributed by atoms with Crippen LogP contribution in [0.3, 0.4) is 0 Å². The fraction of sp³-hybridized carbons (Fsp3) is 0.143. The average molecular weight is 250 g/mol. The summed E-state index contributed by atoms with van der Waals surface area (Å²) in [5.74, 6) is 0. The van der Waals surface area contributed by atoms with Crippen LogP contribution in [-0.2, 0) is 9.84 Å². The van der Waals surface area contributed by atoms with Crippen molar-refractivity contribution in [1.29, 1.82) is 0 Å². The molecule has 92 valence electrons. The van der Waals surface area contributed by atoms with Gasteiger partial charge in [0.2, 0.25) is 0 Å². The highest BCUT2D eigenvalue weighted by molar-refractivity contribution is 7.98. The van der Waals surface area contributed by atoms with Crippen LogP contribution in [0.2, 0.25) is 0 Å². The molecule has 0 aliphatic rings. The van der Waals surface area contributed by atoms with Crippen molar-refractivity contribution in [2.24, 2.45) is 0 Å². The standard InChI is InChI=1S/C14H18O2S/c1-5-8-11-14(7-3)17(15,16)12-9-10-13(4)6-2/h5-12H,2-3H2,1,4H3/b8-5+,12-9+,13-10-,14-11+. The minimum atomic E-state index is -3.42. The molecule has 0 amide bonds. The number of hydrogen-bond donors (Lipinski definition) is 0. The zero-order valence-corrected chi connectivity index (χ0v) is 11.1. The van der Waals surface area contributed by atoms with E-state index < -0.39 is 9.84 Å². The van der Waals surface area contributed by atoms with E-state index in [2.05, 4.69) is 13.2 Å². The third kappa shape index (κ3) is 5.88. The highest BCUT2D eigenvalue weighted by Crippen LogP contribution is 2.11. The topological polar surface area (TPSA) is 34.1 Å². The van der Waals surface area contributed by atoms with Crippen LogP contribution < -0.4 is 0 Å². The van der Waals surface area contributed by atoms with E-state index in [9.17, 15) is 8.42 Å². The Hall–Kier alpha value is -1.61.